The SMILES string of the molecule is CCCCCC(=O)C(C(C)=O)=S(C)C. The van der Waals surface area contributed by atoms with Crippen LogP contribution in [0.5, 0.6) is 0 Å². The normalized spacial score (nSPS) is 10.4. The van der Waals surface area contributed by atoms with Gasteiger partial charge < -0.3 is 0 Å². The predicted octanol–water partition coefficient (Wildman–Crippen LogP) is 2.43. The molecular formula is C11H20O2S. The van der Waals surface area contributed by atoms with Crippen LogP contribution in [0.1, 0.15) is 39.5 Å². The maximum Gasteiger partial charge on any atom is 0.171 e. The number of carbonyl (C=O) groups is 2. The Morgan fingerprint density at radius 2 is 1.71 bits per heavy atom. The number of hydrogen-bond acceptors (Lipinski definition) is 2. The number of unbranched alkanes of at least 4 members (excludes halogenated alkanes) is 2. The number of rotatable bonds is 6. The predicted molar refractivity (Wildman–Crippen MR) is 64.3 cm³/mol. The summed E-state index contributed by atoms with van der Waals surface area (Å²) in [5.41, 5.74) is 0. The van der Waals surface area contributed by atoms with E-state index in [0.29, 0.717) is 11.3 Å². The fraction of sp³-hybridized carbons (Fsp3) is 0.727. The molecule has 0 aliphatic carbocycles. The van der Waals surface area contributed by atoms with Crippen LogP contribution in [-0.2, 0) is 9.59 Å². The second kappa shape index (κ2) is 6.93. The van der Waals surface area contributed by atoms with Crippen molar-refractivity contribution in [3.63, 3.8) is 0 Å². The fourth-order valence-corrected chi connectivity index (χ4v) is 2.49. The first kappa shape index (κ1) is 13.6. The highest BCUT2D eigenvalue weighted by Crippen LogP contribution is 2.09. The average Bonchev–Trinajstić information content (AvgIpc) is 2.03. The lowest BCUT2D eigenvalue weighted by Gasteiger charge is -2.05. The topological polar surface area (TPSA) is 34.1 Å². The second-order valence-electron chi connectivity index (χ2n) is 3.58. The summed E-state index contributed by atoms with van der Waals surface area (Å²) >= 11 is 0. The Labute approximate surface area is 89.0 Å². The van der Waals surface area contributed by atoms with Gasteiger partial charge in [0.1, 0.15) is 0 Å². The van der Waals surface area contributed by atoms with Gasteiger partial charge in [0.2, 0.25) is 0 Å². The van der Waals surface area contributed by atoms with Gasteiger partial charge in [-0.25, -0.2) is 0 Å². The van der Waals surface area contributed by atoms with Gasteiger partial charge in [-0.15, -0.1) is 0 Å². The molecule has 0 unspecified atom stereocenters. The van der Waals surface area contributed by atoms with E-state index in [1.807, 2.05) is 12.5 Å². The molecule has 0 saturated heterocycles. The molecular weight excluding hydrogens is 196 g/mol. The van der Waals surface area contributed by atoms with Gasteiger partial charge in [0.15, 0.2) is 11.6 Å². The molecule has 0 fully saturated rings. The Bertz CT molecular complexity index is 250. The third-order valence-electron chi connectivity index (χ3n) is 1.99. The molecule has 0 N–H and O–H groups in total. The van der Waals surface area contributed by atoms with E-state index < -0.39 is 0 Å². The van der Waals surface area contributed by atoms with Gasteiger partial charge in [-0.2, -0.15) is 10.5 Å². The molecule has 0 aliphatic rings. The zero-order chi connectivity index (χ0) is 11.1. The van der Waals surface area contributed by atoms with Crippen LogP contribution in [-0.4, -0.2) is 28.9 Å². The second-order valence-corrected chi connectivity index (χ2v) is 5.62. The summed E-state index contributed by atoms with van der Waals surface area (Å²) < 4.78 is 0. The molecule has 0 aliphatic heterocycles. The average molecular weight is 216 g/mol. The first-order valence-electron chi connectivity index (χ1n) is 4.99. The van der Waals surface area contributed by atoms with Gasteiger partial charge in [0.25, 0.3) is 0 Å². The van der Waals surface area contributed by atoms with Crippen molar-refractivity contribution < 1.29 is 9.59 Å². The zero-order valence-electron chi connectivity index (χ0n) is 9.55. The number of carbonyl (C=O) groups excluding carboxylic acids is 2. The Hall–Kier alpha value is -0.440. The van der Waals surface area contributed by atoms with Crippen LogP contribution in [0.4, 0.5) is 0 Å². The minimum atomic E-state index is -0.201. The van der Waals surface area contributed by atoms with Gasteiger partial charge in [-0.3, -0.25) is 9.59 Å². The first-order valence-corrected chi connectivity index (χ1v) is 7.03. The molecule has 0 rings (SSSR count). The molecule has 0 bridgehead atoms. The van der Waals surface area contributed by atoms with Crippen LogP contribution in [0.3, 0.4) is 0 Å². The van der Waals surface area contributed by atoms with Gasteiger partial charge in [0, 0.05) is 6.42 Å². The molecule has 2 nitrogen and oxygen atoms in total. The molecule has 0 aromatic carbocycles. The molecule has 0 amide bonds. The highest BCUT2D eigenvalue weighted by Gasteiger charge is 2.14. The van der Waals surface area contributed by atoms with Crippen molar-refractivity contribution in [3.8, 4) is 0 Å². The Morgan fingerprint density at radius 3 is 2.07 bits per heavy atom. The fourth-order valence-electron chi connectivity index (χ4n) is 1.36. The van der Waals surface area contributed by atoms with E-state index in [0.717, 1.165) is 19.3 Å². The number of Topliss-reactive ketones (excluding diaryl/α,β-unsaturated/α-hetero) is 2. The molecule has 0 spiro atoms. The van der Waals surface area contributed by atoms with Crippen LogP contribution in [0.25, 0.3) is 0 Å². The summed E-state index contributed by atoms with van der Waals surface area (Å²) in [4.78, 5) is 23.4. The Morgan fingerprint density at radius 1 is 1.14 bits per heavy atom. The van der Waals surface area contributed by atoms with Gasteiger partial charge >= 0.3 is 0 Å². The van der Waals surface area contributed by atoms with E-state index in [2.05, 4.69) is 6.92 Å². The highest BCUT2D eigenvalue weighted by atomic mass is 32.2. The summed E-state index contributed by atoms with van der Waals surface area (Å²) in [5, 5.41) is 0. The van der Waals surface area contributed by atoms with Crippen LogP contribution < -0.4 is 0 Å². The lowest BCUT2D eigenvalue weighted by atomic mass is 10.1. The Kier molecular flexibility index (Phi) is 6.71. The summed E-state index contributed by atoms with van der Waals surface area (Å²) in [6.07, 6.45) is 7.46. The number of hydrogen-bond donors (Lipinski definition) is 0. The molecule has 0 radical (unpaired) electrons. The molecule has 0 aromatic rings. The lowest BCUT2D eigenvalue weighted by Crippen LogP contribution is -2.21. The minimum absolute atomic E-state index is 0.0549. The standard InChI is InChI=1S/C11H20O2S/c1-5-6-7-8-10(13)11(9(2)12)14(3)4/h5-8H2,1-4H3. The van der Waals surface area contributed by atoms with Crippen molar-refractivity contribution in [2.75, 3.05) is 12.5 Å². The van der Waals surface area contributed by atoms with E-state index in [1.165, 1.54) is 6.92 Å². The van der Waals surface area contributed by atoms with Crippen LogP contribution >= 0.6 is 10.5 Å². The summed E-state index contributed by atoms with van der Waals surface area (Å²) in [6, 6.07) is 0. The monoisotopic (exact) mass is 216 g/mol. The maximum atomic E-state index is 11.7. The van der Waals surface area contributed by atoms with E-state index >= 15 is 0 Å². The van der Waals surface area contributed by atoms with E-state index in [4.69, 9.17) is 0 Å². The van der Waals surface area contributed by atoms with E-state index in [1.54, 1.807) is 0 Å². The third kappa shape index (κ3) is 4.70. The van der Waals surface area contributed by atoms with Crippen molar-refractivity contribution in [2.45, 2.75) is 39.5 Å². The summed E-state index contributed by atoms with van der Waals surface area (Å²) in [7, 11) is -0.201. The van der Waals surface area contributed by atoms with Crippen LogP contribution in [0.15, 0.2) is 0 Å². The summed E-state index contributed by atoms with van der Waals surface area (Å²) in [5.74, 6) is -0.000819. The van der Waals surface area contributed by atoms with Crippen molar-refractivity contribution in [1.82, 2.24) is 0 Å². The maximum absolute atomic E-state index is 11.7. The largest absolute Gasteiger partial charge is 0.294 e. The van der Waals surface area contributed by atoms with Crippen LogP contribution in [0, 0.1) is 0 Å². The van der Waals surface area contributed by atoms with Gasteiger partial charge in [-0.05, 0) is 25.9 Å². The Balaban J connectivity index is 4.34. The molecule has 82 valence electrons. The molecule has 14 heavy (non-hydrogen) atoms. The highest BCUT2D eigenvalue weighted by molar-refractivity contribution is 8.16. The van der Waals surface area contributed by atoms with Crippen molar-refractivity contribution in [2.24, 2.45) is 0 Å². The van der Waals surface area contributed by atoms with E-state index in [9.17, 15) is 9.59 Å². The van der Waals surface area contributed by atoms with Gasteiger partial charge in [0.05, 0.1) is 4.86 Å². The molecule has 3 heteroatoms. The summed E-state index contributed by atoms with van der Waals surface area (Å²) in [6.45, 7) is 3.59. The molecule has 0 aromatic heterocycles. The smallest absolute Gasteiger partial charge is 0.171 e. The van der Waals surface area contributed by atoms with Crippen LogP contribution in [0.2, 0.25) is 0 Å². The molecule has 0 saturated carbocycles. The third-order valence-corrected chi connectivity index (χ3v) is 3.32. The van der Waals surface area contributed by atoms with Crippen molar-refractivity contribution >= 4 is 26.9 Å². The first-order chi connectivity index (χ1) is 6.50. The molecule has 0 atom stereocenters. The minimum Gasteiger partial charge on any atom is -0.294 e. The van der Waals surface area contributed by atoms with Crippen molar-refractivity contribution in [1.29, 1.82) is 0 Å². The lowest BCUT2D eigenvalue weighted by molar-refractivity contribution is -0.115. The molecule has 0 heterocycles. The van der Waals surface area contributed by atoms with Crippen molar-refractivity contribution in [3.05, 3.63) is 0 Å². The number of ketones is 2. The quantitative estimate of drug-likeness (QED) is 0.388. The van der Waals surface area contributed by atoms with Gasteiger partial charge in [-0.1, -0.05) is 19.8 Å². The van der Waals surface area contributed by atoms with E-state index in [-0.39, 0.29) is 22.1 Å². The zero-order valence-corrected chi connectivity index (χ0v) is 10.4.